The van der Waals surface area contributed by atoms with E-state index in [4.69, 9.17) is 0 Å². The highest BCUT2D eigenvalue weighted by molar-refractivity contribution is 9.10. The van der Waals surface area contributed by atoms with Gasteiger partial charge in [0.05, 0.1) is 12.2 Å². The van der Waals surface area contributed by atoms with Crippen molar-refractivity contribution in [3.8, 4) is 0 Å². The van der Waals surface area contributed by atoms with E-state index in [0.717, 1.165) is 22.3 Å². The third-order valence-electron chi connectivity index (χ3n) is 2.52. The van der Waals surface area contributed by atoms with Gasteiger partial charge in [-0.3, -0.25) is 4.79 Å². The Balaban J connectivity index is 1.94. The van der Waals surface area contributed by atoms with E-state index in [0.29, 0.717) is 0 Å². The number of hydrogen-bond donors (Lipinski definition) is 2. The number of carbonyl (C=O) groups excluding carboxylic acids is 1. The number of benzene rings is 2. The smallest absolute Gasteiger partial charge is 0.243 e. The summed E-state index contributed by atoms with van der Waals surface area (Å²) >= 11 is 3.34. The second-order valence-corrected chi connectivity index (χ2v) is 4.86. The van der Waals surface area contributed by atoms with Crippen LogP contribution in [0.3, 0.4) is 0 Å². The van der Waals surface area contributed by atoms with Crippen LogP contribution in [0.5, 0.6) is 0 Å². The fourth-order valence-electron chi connectivity index (χ4n) is 1.57. The maximum atomic E-state index is 13.4. The van der Waals surface area contributed by atoms with Gasteiger partial charge in [0, 0.05) is 16.2 Å². The van der Waals surface area contributed by atoms with Crippen molar-refractivity contribution >= 4 is 33.2 Å². The first-order valence-corrected chi connectivity index (χ1v) is 6.59. The molecule has 1 amide bonds. The van der Waals surface area contributed by atoms with Gasteiger partial charge in [-0.2, -0.15) is 0 Å². The Morgan fingerprint density at radius 1 is 1.10 bits per heavy atom. The van der Waals surface area contributed by atoms with E-state index < -0.39 is 17.5 Å². The number of halogens is 3. The van der Waals surface area contributed by atoms with Gasteiger partial charge in [-0.1, -0.05) is 12.1 Å². The van der Waals surface area contributed by atoms with E-state index in [1.54, 1.807) is 6.07 Å². The second kappa shape index (κ2) is 6.47. The molecule has 20 heavy (non-hydrogen) atoms. The van der Waals surface area contributed by atoms with Crippen molar-refractivity contribution in [1.29, 1.82) is 0 Å². The Kier molecular flexibility index (Phi) is 4.68. The van der Waals surface area contributed by atoms with Gasteiger partial charge in [-0.05, 0) is 40.2 Å². The van der Waals surface area contributed by atoms with Gasteiger partial charge in [0.25, 0.3) is 0 Å². The minimum atomic E-state index is -0.806. The lowest BCUT2D eigenvalue weighted by atomic mass is 10.3. The third kappa shape index (κ3) is 3.77. The van der Waals surface area contributed by atoms with Crippen LogP contribution in [0.4, 0.5) is 20.2 Å². The normalized spacial score (nSPS) is 10.2. The molecular weight excluding hydrogens is 330 g/mol. The van der Waals surface area contributed by atoms with Crippen LogP contribution >= 0.6 is 15.9 Å². The summed E-state index contributed by atoms with van der Waals surface area (Å²) < 4.78 is 26.9. The molecule has 6 heteroatoms. The standard InChI is InChI=1S/C14H11BrF2N2O/c15-10-3-1-2-4-12(10)18-8-14(20)19-13-6-5-9(16)7-11(13)17/h1-7,18H,8H2,(H,19,20). The molecule has 0 spiro atoms. The van der Waals surface area contributed by atoms with Crippen molar-refractivity contribution < 1.29 is 13.6 Å². The molecule has 0 saturated carbocycles. The first-order valence-electron chi connectivity index (χ1n) is 5.79. The zero-order chi connectivity index (χ0) is 14.5. The zero-order valence-electron chi connectivity index (χ0n) is 10.3. The Morgan fingerprint density at radius 3 is 2.55 bits per heavy atom. The molecule has 0 bridgehead atoms. The maximum Gasteiger partial charge on any atom is 0.243 e. The van der Waals surface area contributed by atoms with Gasteiger partial charge in [0.1, 0.15) is 11.6 Å². The highest BCUT2D eigenvalue weighted by Gasteiger charge is 2.08. The fraction of sp³-hybridized carbons (Fsp3) is 0.0714. The zero-order valence-corrected chi connectivity index (χ0v) is 11.9. The molecular formula is C14H11BrF2N2O. The highest BCUT2D eigenvalue weighted by Crippen LogP contribution is 2.21. The Morgan fingerprint density at radius 2 is 1.85 bits per heavy atom. The summed E-state index contributed by atoms with van der Waals surface area (Å²) in [6.45, 7) is -0.0283. The number of hydrogen-bond acceptors (Lipinski definition) is 2. The summed E-state index contributed by atoms with van der Waals surface area (Å²) in [5.74, 6) is -1.92. The number of nitrogens with one attached hydrogen (secondary N) is 2. The summed E-state index contributed by atoms with van der Waals surface area (Å²) in [5.41, 5.74) is 0.701. The monoisotopic (exact) mass is 340 g/mol. The van der Waals surface area contributed by atoms with E-state index in [1.807, 2.05) is 18.2 Å². The molecule has 0 radical (unpaired) electrons. The predicted octanol–water partition coefficient (Wildman–Crippen LogP) is 3.78. The van der Waals surface area contributed by atoms with Crippen LogP contribution in [0.1, 0.15) is 0 Å². The fourth-order valence-corrected chi connectivity index (χ4v) is 1.99. The molecule has 0 saturated heterocycles. The average Bonchev–Trinajstić information content (AvgIpc) is 2.41. The lowest BCUT2D eigenvalue weighted by molar-refractivity contribution is -0.114. The highest BCUT2D eigenvalue weighted by atomic mass is 79.9. The number of amides is 1. The largest absolute Gasteiger partial charge is 0.375 e. The first kappa shape index (κ1) is 14.5. The molecule has 0 unspecified atom stereocenters. The molecule has 0 aliphatic rings. The number of rotatable bonds is 4. The molecule has 0 heterocycles. The number of anilines is 2. The molecule has 0 aliphatic carbocycles. The predicted molar refractivity (Wildman–Crippen MR) is 77.6 cm³/mol. The van der Waals surface area contributed by atoms with E-state index in [1.165, 1.54) is 6.07 Å². The lowest BCUT2D eigenvalue weighted by Gasteiger charge is -2.09. The van der Waals surface area contributed by atoms with Gasteiger partial charge in [-0.25, -0.2) is 8.78 Å². The number of carbonyl (C=O) groups is 1. The molecule has 104 valence electrons. The summed E-state index contributed by atoms with van der Waals surface area (Å²) in [4.78, 5) is 11.7. The minimum absolute atomic E-state index is 0.0283. The van der Waals surface area contributed by atoms with E-state index in [2.05, 4.69) is 26.6 Å². The van der Waals surface area contributed by atoms with E-state index in [9.17, 15) is 13.6 Å². The van der Waals surface area contributed by atoms with Crippen LogP contribution < -0.4 is 10.6 Å². The van der Waals surface area contributed by atoms with Crippen LogP contribution in [0.2, 0.25) is 0 Å². The van der Waals surface area contributed by atoms with Crippen LogP contribution in [-0.2, 0) is 4.79 Å². The summed E-state index contributed by atoms with van der Waals surface area (Å²) in [5, 5.41) is 5.28. The lowest BCUT2D eigenvalue weighted by Crippen LogP contribution is -2.22. The molecule has 0 aromatic heterocycles. The van der Waals surface area contributed by atoms with Crippen molar-refractivity contribution in [2.75, 3.05) is 17.2 Å². The van der Waals surface area contributed by atoms with Crippen LogP contribution in [0.25, 0.3) is 0 Å². The Hall–Kier alpha value is -1.95. The van der Waals surface area contributed by atoms with E-state index in [-0.39, 0.29) is 12.2 Å². The maximum absolute atomic E-state index is 13.4. The molecule has 0 fully saturated rings. The molecule has 2 rings (SSSR count). The van der Waals surface area contributed by atoms with Crippen molar-refractivity contribution in [2.24, 2.45) is 0 Å². The SMILES string of the molecule is O=C(CNc1ccccc1Br)Nc1ccc(F)cc1F. The van der Waals surface area contributed by atoms with Gasteiger partial charge < -0.3 is 10.6 Å². The molecule has 0 atom stereocenters. The van der Waals surface area contributed by atoms with Gasteiger partial charge in [0.15, 0.2) is 0 Å². The van der Waals surface area contributed by atoms with Crippen LogP contribution in [0.15, 0.2) is 46.9 Å². The van der Waals surface area contributed by atoms with E-state index >= 15 is 0 Å². The quantitative estimate of drug-likeness (QED) is 0.889. The number of para-hydroxylation sites is 1. The van der Waals surface area contributed by atoms with Gasteiger partial charge in [-0.15, -0.1) is 0 Å². The van der Waals surface area contributed by atoms with Crippen molar-refractivity contribution in [3.05, 3.63) is 58.6 Å². The molecule has 2 N–H and O–H groups in total. The summed E-state index contributed by atoms with van der Waals surface area (Å²) in [7, 11) is 0. The first-order chi connectivity index (χ1) is 9.56. The topological polar surface area (TPSA) is 41.1 Å². The Labute approximate surface area is 123 Å². The second-order valence-electron chi connectivity index (χ2n) is 4.01. The average molecular weight is 341 g/mol. The van der Waals surface area contributed by atoms with Crippen molar-refractivity contribution in [1.82, 2.24) is 0 Å². The summed E-state index contributed by atoms with van der Waals surface area (Å²) in [6.07, 6.45) is 0. The minimum Gasteiger partial charge on any atom is -0.375 e. The van der Waals surface area contributed by atoms with Crippen molar-refractivity contribution in [2.45, 2.75) is 0 Å². The van der Waals surface area contributed by atoms with Crippen LogP contribution in [-0.4, -0.2) is 12.5 Å². The molecule has 3 nitrogen and oxygen atoms in total. The van der Waals surface area contributed by atoms with Crippen LogP contribution in [0, 0.1) is 11.6 Å². The third-order valence-corrected chi connectivity index (χ3v) is 3.21. The van der Waals surface area contributed by atoms with Gasteiger partial charge in [0.2, 0.25) is 5.91 Å². The van der Waals surface area contributed by atoms with Crippen molar-refractivity contribution in [3.63, 3.8) is 0 Å². The molecule has 2 aromatic rings. The molecule has 0 aliphatic heterocycles. The Bertz CT molecular complexity index is 634. The van der Waals surface area contributed by atoms with Gasteiger partial charge >= 0.3 is 0 Å². The summed E-state index contributed by atoms with van der Waals surface area (Å²) in [6, 6.07) is 10.3. The molecule has 2 aromatic carbocycles.